The van der Waals surface area contributed by atoms with Crippen LogP contribution in [-0.4, -0.2) is 42.4 Å². The summed E-state index contributed by atoms with van der Waals surface area (Å²) in [6, 6.07) is 11.3. The molecule has 0 radical (unpaired) electrons. The lowest BCUT2D eigenvalue weighted by atomic mass is 10.0. The quantitative estimate of drug-likeness (QED) is 0.769. The van der Waals surface area contributed by atoms with Crippen LogP contribution in [0.3, 0.4) is 0 Å². The third kappa shape index (κ3) is 3.23. The molecule has 8 nitrogen and oxygen atoms in total. The van der Waals surface area contributed by atoms with Gasteiger partial charge in [0.1, 0.15) is 12.2 Å². The Morgan fingerprint density at radius 2 is 2.08 bits per heavy atom. The van der Waals surface area contributed by atoms with Crippen molar-refractivity contribution in [2.45, 2.75) is 25.3 Å². The second kappa shape index (κ2) is 6.76. The van der Waals surface area contributed by atoms with Gasteiger partial charge in [-0.25, -0.2) is 14.5 Å². The van der Waals surface area contributed by atoms with Gasteiger partial charge in [-0.05, 0) is 31.4 Å². The van der Waals surface area contributed by atoms with Gasteiger partial charge in [-0.3, -0.25) is 10.4 Å². The first-order chi connectivity index (χ1) is 12.3. The van der Waals surface area contributed by atoms with Gasteiger partial charge < -0.3 is 4.90 Å². The number of anilines is 1. The largest absolute Gasteiger partial charge is 0.323 e. The Bertz CT molecular complexity index is 828. The minimum atomic E-state index is -0.167. The number of hydrogen-bond donors (Lipinski definition) is 2. The third-order valence-corrected chi connectivity index (χ3v) is 4.36. The van der Waals surface area contributed by atoms with E-state index < -0.39 is 0 Å². The van der Waals surface area contributed by atoms with Crippen molar-refractivity contribution >= 4 is 11.8 Å². The van der Waals surface area contributed by atoms with Crippen LogP contribution in [0.1, 0.15) is 31.1 Å². The topological polar surface area (TPSA) is 91.7 Å². The second-order valence-electron chi connectivity index (χ2n) is 5.99. The van der Waals surface area contributed by atoms with Gasteiger partial charge in [0.05, 0.1) is 11.7 Å². The zero-order valence-corrected chi connectivity index (χ0v) is 13.7. The Morgan fingerprint density at radius 3 is 2.88 bits per heavy atom. The molecule has 3 heterocycles. The molecule has 2 N–H and O–H groups in total. The molecule has 1 fully saturated rings. The van der Waals surface area contributed by atoms with E-state index in [1.165, 1.54) is 6.33 Å². The number of carbonyl (C=O) groups excluding carboxylic acids is 1. The predicted molar refractivity (Wildman–Crippen MR) is 92.3 cm³/mol. The molecule has 0 unspecified atom stereocenters. The fourth-order valence-electron chi connectivity index (χ4n) is 3.13. The number of para-hydroxylation sites is 1. The molecule has 0 saturated carbocycles. The molecule has 0 aliphatic carbocycles. The lowest BCUT2D eigenvalue weighted by Gasteiger charge is -2.33. The Balaban J connectivity index is 1.48. The number of nitrogens with one attached hydrogen (secondary N) is 2. The maximum Gasteiger partial charge on any atom is 0.323 e. The minimum absolute atomic E-state index is 0.0764. The number of nitrogens with zero attached hydrogens (tertiary/aromatic N) is 5. The van der Waals surface area contributed by atoms with Gasteiger partial charge >= 0.3 is 6.03 Å². The monoisotopic (exact) mass is 337 g/mol. The number of amides is 2. The van der Waals surface area contributed by atoms with Crippen LogP contribution in [0.25, 0.3) is 5.69 Å². The zero-order chi connectivity index (χ0) is 17.1. The standard InChI is InChI=1S/C17H19N7O/c25-17(23-10-5-4-8-14(23)16-18-12-19-21-16)20-15-9-11-24(22-15)13-6-2-1-3-7-13/h1-3,6-7,9,11-12,14H,4-5,8,10H2,(H,18,19,21)(H,20,22,25)/t14-/m0/s1. The predicted octanol–water partition coefficient (Wildman–Crippen LogP) is 2.75. The molecule has 8 heteroatoms. The van der Waals surface area contributed by atoms with Gasteiger partial charge in [-0.1, -0.05) is 18.2 Å². The van der Waals surface area contributed by atoms with E-state index in [4.69, 9.17) is 0 Å². The summed E-state index contributed by atoms with van der Waals surface area (Å²) in [5.74, 6) is 1.25. The van der Waals surface area contributed by atoms with Crippen LogP contribution in [-0.2, 0) is 0 Å². The summed E-state index contributed by atoms with van der Waals surface area (Å²) in [6.45, 7) is 0.691. The number of H-pyrrole nitrogens is 1. The van der Waals surface area contributed by atoms with Crippen LogP contribution >= 0.6 is 0 Å². The number of aromatic amines is 1. The van der Waals surface area contributed by atoms with Gasteiger partial charge in [0.15, 0.2) is 5.82 Å². The van der Waals surface area contributed by atoms with E-state index in [-0.39, 0.29) is 12.1 Å². The highest BCUT2D eigenvalue weighted by molar-refractivity contribution is 5.88. The van der Waals surface area contributed by atoms with Crippen LogP contribution in [0.5, 0.6) is 0 Å². The average Bonchev–Trinajstić information content (AvgIpc) is 3.34. The highest BCUT2D eigenvalue weighted by Crippen LogP contribution is 2.29. The number of piperidine rings is 1. The van der Waals surface area contributed by atoms with Crippen LogP contribution in [0.4, 0.5) is 10.6 Å². The van der Waals surface area contributed by atoms with Crippen molar-refractivity contribution in [2.24, 2.45) is 0 Å². The first-order valence-corrected chi connectivity index (χ1v) is 8.35. The molecule has 25 heavy (non-hydrogen) atoms. The van der Waals surface area contributed by atoms with Crippen LogP contribution in [0.15, 0.2) is 48.9 Å². The number of aromatic nitrogens is 5. The van der Waals surface area contributed by atoms with Crippen molar-refractivity contribution in [1.82, 2.24) is 29.9 Å². The van der Waals surface area contributed by atoms with Crippen LogP contribution in [0, 0.1) is 0 Å². The summed E-state index contributed by atoms with van der Waals surface area (Å²) < 4.78 is 1.74. The van der Waals surface area contributed by atoms with Crippen molar-refractivity contribution in [3.63, 3.8) is 0 Å². The molecule has 3 aromatic rings. The Kier molecular flexibility index (Phi) is 4.16. The third-order valence-electron chi connectivity index (χ3n) is 4.36. The SMILES string of the molecule is O=C(Nc1ccn(-c2ccccc2)n1)N1CCCC[C@H]1c1ncn[nH]1. The molecule has 0 bridgehead atoms. The van der Waals surface area contributed by atoms with Crippen LogP contribution < -0.4 is 5.32 Å². The van der Waals surface area contributed by atoms with E-state index in [9.17, 15) is 4.79 Å². The Hall–Kier alpha value is -3.16. The molecule has 128 valence electrons. The Labute approximate surface area is 144 Å². The summed E-state index contributed by atoms with van der Waals surface area (Å²) in [5, 5.41) is 14.1. The number of urea groups is 1. The van der Waals surface area contributed by atoms with Crippen molar-refractivity contribution in [2.75, 3.05) is 11.9 Å². The van der Waals surface area contributed by atoms with E-state index >= 15 is 0 Å². The summed E-state index contributed by atoms with van der Waals surface area (Å²) in [4.78, 5) is 18.7. The minimum Gasteiger partial charge on any atom is -0.314 e. The summed E-state index contributed by atoms with van der Waals surface area (Å²) in [5.41, 5.74) is 0.945. The van der Waals surface area contributed by atoms with Gasteiger partial charge in [0.2, 0.25) is 0 Å². The normalized spacial score (nSPS) is 17.4. The number of hydrogen-bond acceptors (Lipinski definition) is 4. The van der Waals surface area contributed by atoms with E-state index in [0.29, 0.717) is 12.4 Å². The van der Waals surface area contributed by atoms with Crippen molar-refractivity contribution in [3.05, 3.63) is 54.7 Å². The zero-order valence-electron chi connectivity index (χ0n) is 13.7. The molecular formula is C17H19N7O. The summed E-state index contributed by atoms with van der Waals surface area (Å²) >= 11 is 0. The van der Waals surface area contributed by atoms with Crippen molar-refractivity contribution in [1.29, 1.82) is 0 Å². The number of rotatable bonds is 3. The first-order valence-electron chi connectivity index (χ1n) is 8.35. The molecule has 1 aliphatic rings. The van der Waals surface area contributed by atoms with Gasteiger partial charge in [0.25, 0.3) is 0 Å². The van der Waals surface area contributed by atoms with Gasteiger partial charge in [-0.2, -0.15) is 5.10 Å². The van der Waals surface area contributed by atoms with Crippen molar-refractivity contribution < 1.29 is 4.79 Å². The van der Waals surface area contributed by atoms with E-state index in [1.807, 2.05) is 36.5 Å². The molecule has 4 rings (SSSR count). The second-order valence-corrected chi connectivity index (χ2v) is 5.99. The lowest BCUT2D eigenvalue weighted by molar-refractivity contribution is 0.159. The summed E-state index contributed by atoms with van der Waals surface area (Å²) in [6.07, 6.45) is 6.23. The summed E-state index contributed by atoms with van der Waals surface area (Å²) in [7, 11) is 0. The first kappa shape index (κ1) is 15.4. The average molecular weight is 337 g/mol. The number of benzene rings is 1. The van der Waals surface area contributed by atoms with Gasteiger partial charge in [0, 0.05) is 18.8 Å². The van der Waals surface area contributed by atoms with Crippen LogP contribution in [0.2, 0.25) is 0 Å². The molecule has 2 amide bonds. The van der Waals surface area contributed by atoms with E-state index in [1.54, 1.807) is 15.6 Å². The maximum atomic E-state index is 12.7. The molecule has 2 aromatic heterocycles. The molecule has 0 spiro atoms. The highest BCUT2D eigenvalue weighted by atomic mass is 16.2. The van der Waals surface area contributed by atoms with Crippen molar-refractivity contribution in [3.8, 4) is 5.69 Å². The number of carbonyl (C=O) groups is 1. The highest BCUT2D eigenvalue weighted by Gasteiger charge is 2.30. The number of likely N-dealkylation sites (tertiary alicyclic amines) is 1. The van der Waals surface area contributed by atoms with E-state index in [0.717, 1.165) is 30.8 Å². The van der Waals surface area contributed by atoms with E-state index in [2.05, 4.69) is 25.6 Å². The fraction of sp³-hybridized carbons (Fsp3) is 0.294. The molecule has 1 atom stereocenters. The molecule has 1 aliphatic heterocycles. The Morgan fingerprint density at radius 1 is 1.20 bits per heavy atom. The fourth-order valence-corrected chi connectivity index (χ4v) is 3.13. The van der Waals surface area contributed by atoms with Gasteiger partial charge in [-0.15, -0.1) is 5.10 Å². The smallest absolute Gasteiger partial charge is 0.314 e. The molecule has 1 aromatic carbocycles. The maximum absolute atomic E-state index is 12.7. The molecule has 1 saturated heterocycles. The lowest BCUT2D eigenvalue weighted by Crippen LogP contribution is -2.41. The molecular weight excluding hydrogens is 318 g/mol.